The summed E-state index contributed by atoms with van der Waals surface area (Å²) in [7, 11) is -16.6. The lowest BCUT2D eigenvalue weighted by Gasteiger charge is -2.33. The number of fused-ring (bicyclic) bond motifs is 1. The van der Waals surface area contributed by atoms with Crippen LogP contribution in [0.25, 0.3) is 0 Å². The first-order valence-corrected chi connectivity index (χ1v) is 15.7. The van der Waals surface area contributed by atoms with Crippen LogP contribution in [0.1, 0.15) is 26.7 Å². The lowest BCUT2D eigenvalue weighted by molar-refractivity contribution is -0.127. The van der Waals surface area contributed by atoms with E-state index >= 15 is 0 Å². The van der Waals surface area contributed by atoms with E-state index in [1.165, 1.54) is 6.08 Å². The molecule has 216 valence electrons. The summed E-state index contributed by atoms with van der Waals surface area (Å²) in [5.41, 5.74) is 0.829. The van der Waals surface area contributed by atoms with Gasteiger partial charge < -0.3 is 44.0 Å². The second-order valence-electron chi connectivity index (χ2n) is 8.33. The second-order valence-corrected chi connectivity index (χ2v) is 12.8. The van der Waals surface area contributed by atoms with Crippen molar-refractivity contribution in [2.75, 3.05) is 20.0 Å². The Morgan fingerprint density at radius 1 is 1.24 bits per heavy atom. The number of nitrogens with zero attached hydrogens (tertiary/aromatic N) is 2. The highest BCUT2D eigenvalue weighted by Crippen LogP contribution is 2.66. The fourth-order valence-corrected chi connectivity index (χ4v) is 7.19. The topological polar surface area (TPSA) is 232 Å². The van der Waals surface area contributed by atoms with Crippen LogP contribution in [0.5, 0.6) is 0 Å². The lowest BCUT2D eigenvalue weighted by Crippen LogP contribution is -2.50. The van der Waals surface area contributed by atoms with E-state index in [0.717, 1.165) is 5.57 Å². The van der Waals surface area contributed by atoms with Crippen molar-refractivity contribution >= 4 is 35.2 Å². The Morgan fingerprint density at radius 2 is 1.95 bits per heavy atom. The van der Waals surface area contributed by atoms with Crippen LogP contribution in [0.4, 0.5) is 0 Å². The number of aliphatic imine (C=N–C) groups is 1. The number of hydrogen-bond donors (Lipinski definition) is 5. The highest BCUT2D eigenvalue weighted by Gasteiger charge is 2.49. The number of phosphoric acid groups is 3. The zero-order valence-corrected chi connectivity index (χ0v) is 23.1. The highest BCUT2D eigenvalue weighted by molar-refractivity contribution is 7.66. The summed E-state index contributed by atoms with van der Waals surface area (Å²) >= 11 is 0. The number of ether oxygens (including phenoxy) is 3. The zero-order chi connectivity index (χ0) is 28.3. The molecular weight excluding hydrogens is 575 g/mol. The van der Waals surface area contributed by atoms with E-state index in [1.807, 2.05) is 6.92 Å². The molecule has 5 N–H and O–H groups in total. The average Bonchev–Trinajstić information content (AvgIpc) is 3.34. The van der Waals surface area contributed by atoms with E-state index in [-0.39, 0.29) is 25.7 Å². The molecule has 38 heavy (non-hydrogen) atoms. The Morgan fingerprint density at radius 3 is 2.58 bits per heavy atom. The molecule has 0 aromatic rings. The molecule has 1 saturated heterocycles. The third kappa shape index (κ3) is 8.35. The van der Waals surface area contributed by atoms with Gasteiger partial charge in [0.2, 0.25) is 5.91 Å². The van der Waals surface area contributed by atoms with Crippen LogP contribution in [0, 0.1) is 5.92 Å². The molecule has 20 heteroatoms. The maximum absolute atomic E-state index is 12.6. The maximum atomic E-state index is 12.6. The van der Waals surface area contributed by atoms with Crippen molar-refractivity contribution in [1.82, 2.24) is 10.2 Å². The van der Waals surface area contributed by atoms with Crippen molar-refractivity contribution in [3.8, 4) is 0 Å². The number of rotatable bonds is 14. The lowest BCUT2D eigenvalue weighted by atomic mass is 9.95. The number of phosphoric ester groups is 1. The van der Waals surface area contributed by atoms with E-state index in [0.29, 0.717) is 12.3 Å². The van der Waals surface area contributed by atoms with Gasteiger partial charge in [-0.3, -0.25) is 9.32 Å². The SMILES string of the molecule is C=CCOCO[C@@H]1C[C@H](N2C=C(CC)C3C(=O)NC(C)=NC32)O[C@@H]1COP(=O)(O)OP(=O)(O)OP(=O)(O)O. The quantitative estimate of drug-likeness (QED) is 0.0807. The number of amides is 1. The van der Waals surface area contributed by atoms with E-state index in [1.54, 1.807) is 18.0 Å². The van der Waals surface area contributed by atoms with Gasteiger partial charge in [0.25, 0.3) is 0 Å². The molecule has 0 radical (unpaired) electrons. The number of carbonyl (C=O) groups excluding carboxylic acids is 1. The normalized spacial score (nSPS) is 30.6. The van der Waals surface area contributed by atoms with Crippen LogP contribution in [0.3, 0.4) is 0 Å². The van der Waals surface area contributed by atoms with Crippen molar-refractivity contribution in [1.29, 1.82) is 0 Å². The van der Waals surface area contributed by atoms with Gasteiger partial charge in [0.1, 0.15) is 37.0 Å². The van der Waals surface area contributed by atoms with Gasteiger partial charge in [0.05, 0.1) is 19.3 Å². The molecule has 3 aliphatic heterocycles. The van der Waals surface area contributed by atoms with Crippen LogP contribution in [-0.4, -0.2) is 80.8 Å². The number of carbonyl (C=O) groups is 1. The molecule has 7 atom stereocenters. The molecule has 17 nitrogen and oxygen atoms in total. The van der Waals surface area contributed by atoms with Gasteiger partial charge in [-0.25, -0.2) is 18.7 Å². The first kappa shape index (κ1) is 31.2. The minimum absolute atomic E-state index is 0.185. The van der Waals surface area contributed by atoms with Crippen molar-refractivity contribution < 1.29 is 65.4 Å². The van der Waals surface area contributed by atoms with Crippen molar-refractivity contribution in [2.45, 2.75) is 51.3 Å². The summed E-state index contributed by atoms with van der Waals surface area (Å²) < 4.78 is 63.8. The molecule has 1 fully saturated rings. The monoisotopic (exact) mass is 605 g/mol. The Bertz CT molecular complexity index is 1110. The van der Waals surface area contributed by atoms with Gasteiger partial charge >= 0.3 is 23.5 Å². The van der Waals surface area contributed by atoms with Crippen LogP contribution in [-0.2, 0) is 45.8 Å². The van der Waals surface area contributed by atoms with E-state index < -0.39 is 60.6 Å². The van der Waals surface area contributed by atoms with Gasteiger partial charge in [0, 0.05) is 12.6 Å². The third-order valence-electron chi connectivity index (χ3n) is 5.57. The molecule has 0 saturated carbocycles. The zero-order valence-electron chi connectivity index (χ0n) is 20.4. The van der Waals surface area contributed by atoms with Crippen LogP contribution < -0.4 is 5.32 Å². The molecule has 3 aliphatic rings. The Labute approximate surface area is 217 Å². The summed E-state index contributed by atoms with van der Waals surface area (Å²) in [6, 6.07) is 0. The largest absolute Gasteiger partial charge is 0.490 e. The van der Waals surface area contributed by atoms with Crippen molar-refractivity contribution in [2.24, 2.45) is 10.9 Å². The van der Waals surface area contributed by atoms with Crippen LogP contribution in [0.15, 0.2) is 29.4 Å². The summed E-state index contributed by atoms with van der Waals surface area (Å²) in [5.74, 6) is -0.303. The average molecular weight is 605 g/mol. The first-order valence-electron chi connectivity index (χ1n) is 11.2. The molecule has 3 heterocycles. The molecule has 0 aliphatic carbocycles. The number of nitrogens with one attached hydrogen (secondary N) is 1. The fraction of sp³-hybridized carbons (Fsp3) is 0.667. The predicted octanol–water partition coefficient (Wildman–Crippen LogP) is 1.09. The Kier molecular flexibility index (Phi) is 10.3. The van der Waals surface area contributed by atoms with Crippen LogP contribution >= 0.6 is 23.5 Å². The van der Waals surface area contributed by atoms with Gasteiger partial charge in [-0.1, -0.05) is 13.0 Å². The second kappa shape index (κ2) is 12.5. The fourth-order valence-electron chi connectivity index (χ4n) is 4.16. The predicted molar refractivity (Wildman–Crippen MR) is 128 cm³/mol. The van der Waals surface area contributed by atoms with E-state index in [4.69, 9.17) is 28.5 Å². The molecule has 1 amide bonds. The summed E-state index contributed by atoms with van der Waals surface area (Å²) in [6.45, 7) is 6.36. The summed E-state index contributed by atoms with van der Waals surface area (Å²) in [4.78, 5) is 55.4. The minimum atomic E-state index is -5.68. The van der Waals surface area contributed by atoms with Gasteiger partial charge in [-0.15, -0.1) is 6.58 Å². The maximum Gasteiger partial charge on any atom is 0.490 e. The number of hydrogen-bond acceptors (Lipinski definition) is 12. The molecule has 0 aromatic carbocycles. The molecule has 0 spiro atoms. The summed E-state index contributed by atoms with van der Waals surface area (Å²) in [5, 5.41) is 2.71. The molecular formula is C18H30N3O14P3. The highest BCUT2D eigenvalue weighted by atomic mass is 31.3. The van der Waals surface area contributed by atoms with Crippen LogP contribution in [0.2, 0.25) is 0 Å². The summed E-state index contributed by atoms with van der Waals surface area (Å²) in [6.07, 6.45) is 0.921. The van der Waals surface area contributed by atoms with Gasteiger partial charge in [0.15, 0.2) is 0 Å². The standard InChI is InChI=1S/C18H30N3O14P3/c1-4-6-30-10-31-13-7-15(21-8-12(5-2)16-17(21)19-11(3)20-18(16)22)33-14(13)9-32-37(26,27)35-38(28,29)34-36(23,24)25/h4,8,13-17H,1,5-7,9-10H2,2-3H3,(H,26,27)(H,28,29)(H,19,20,22)(H2,23,24,25)/t13-,14-,15-,16?,17?/m1/s1. The first-order chi connectivity index (χ1) is 17.6. The van der Waals surface area contributed by atoms with Crippen molar-refractivity contribution in [3.05, 3.63) is 24.4 Å². The Hall–Kier alpha value is -1.29. The minimum Gasteiger partial charge on any atom is -0.351 e. The molecule has 0 bridgehead atoms. The van der Waals surface area contributed by atoms with Gasteiger partial charge in [-0.2, -0.15) is 8.62 Å². The van der Waals surface area contributed by atoms with Crippen molar-refractivity contribution in [3.63, 3.8) is 0 Å². The molecule has 4 unspecified atom stereocenters. The smallest absolute Gasteiger partial charge is 0.351 e. The Balaban J connectivity index is 1.73. The van der Waals surface area contributed by atoms with E-state index in [9.17, 15) is 28.3 Å². The molecule has 3 rings (SSSR count). The van der Waals surface area contributed by atoms with Gasteiger partial charge in [-0.05, 0) is 18.9 Å². The number of amidine groups is 1. The third-order valence-corrected chi connectivity index (χ3v) is 9.37. The molecule has 0 aromatic heterocycles. The van der Waals surface area contributed by atoms with E-state index in [2.05, 4.69) is 25.5 Å².